The van der Waals surface area contributed by atoms with E-state index in [9.17, 15) is 0 Å². The molecule has 0 amide bonds. The highest BCUT2D eigenvalue weighted by Crippen LogP contribution is 2.42. The molecule has 1 aliphatic heterocycles. The summed E-state index contributed by atoms with van der Waals surface area (Å²) in [5, 5.41) is 3.60. The van der Waals surface area contributed by atoms with E-state index in [-0.39, 0.29) is 11.7 Å². The topological polar surface area (TPSA) is 21.3 Å². The fraction of sp³-hybridized carbons (Fsp3) is 0.733. The van der Waals surface area contributed by atoms with Crippen molar-refractivity contribution in [1.29, 1.82) is 0 Å². The van der Waals surface area contributed by atoms with Gasteiger partial charge in [0.05, 0.1) is 9.39 Å². The first kappa shape index (κ1) is 14.1. The van der Waals surface area contributed by atoms with Gasteiger partial charge < -0.3 is 10.1 Å². The quantitative estimate of drug-likeness (QED) is 0.852. The summed E-state index contributed by atoms with van der Waals surface area (Å²) in [5.41, 5.74) is 0.102. The van der Waals surface area contributed by atoms with Crippen molar-refractivity contribution in [2.75, 3.05) is 13.1 Å². The molecular formula is C15H22BrNOS. The molecule has 0 bridgehead atoms. The molecule has 1 spiro atoms. The molecule has 1 aliphatic carbocycles. The number of nitrogens with one attached hydrogen (secondary N) is 1. The SMILES string of the molecule is CCC1CCC2(CC1)CNCC(c1ccc(Br)s1)O2. The Morgan fingerprint density at radius 2 is 2.21 bits per heavy atom. The Bertz CT molecular complexity index is 426. The van der Waals surface area contributed by atoms with E-state index in [1.807, 2.05) is 0 Å². The van der Waals surface area contributed by atoms with E-state index < -0.39 is 0 Å². The standard InChI is InChI=1S/C15H22BrNOS/c1-2-11-5-7-15(8-6-11)10-17-9-12(18-15)13-3-4-14(16)19-13/h3-4,11-12,17H,2,5-10H2,1H3. The Hall–Kier alpha value is 0.1000. The molecule has 1 saturated heterocycles. The fourth-order valence-electron chi connectivity index (χ4n) is 3.38. The van der Waals surface area contributed by atoms with Gasteiger partial charge in [0.1, 0.15) is 6.10 Å². The van der Waals surface area contributed by atoms with Gasteiger partial charge in [0.25, 0.3) is 0 Å². The van der Waals surface area contributed by atoms with Gasteiger partial charge in [-0.25, -0.2) is 0 Å². The zero-order valence-electron chi connectivity index (χ0n) is 11.5. The normalized spacial score (nSPS) is 35.7. The minimum atomic E-state index is 0.102. The minimum Gasteiger partial charge on any atom is -0.364 e. The first-order chi connectivity index (χ1) is 9.21. The van der Waals surface area contributed by atoms with Gasteiger partial charge in [-0.05, 0) is 59.7 Å². The highest BCUT2D eigenvalue weighted by atomic mass is 79.9. The summed E-state index contributed by atoms with van der Waals surface area (Å²) in [4.78, 5) is 1.34. The van der Waals surface area contributed by atoms with Crippen LogP contribution in [0.4, 0.5) is 0 Å². The molecule has 4 heteroatoms. The average molecular weight is 344 g/mol. The van der Waals surface area contributed by atoms with Crippen LogP contribution in [0.25, 0.3) is 0 Å². The molecule has 1 N–H and O–H groups in total. The van der Waals surface area contributed by atoms with Gasteiger partial charge in [-0.3, -0.25) is 0 Å². The molecule has 1 atom stereocenters. The van der Waals surface area contributed by atoms with Crippen LogP contribution >= 0.6 is 27.3 Å². The number of rotatable bonds is 2. The summed E-state index contributed by atoms with van der Waals surface area (Å²) in [7, 11) is 0. The summed E-state index contributed by atoms with van der Waals surface area (Å²) < 4.78 is 7.73. The predicted octanol–water partition coefficient (Wildman–Crippen LogP) is 4.51. The third kappa shape index (κ3) is 3.07. The van der Waals surface area contributed by atoms with Crippen molar-refractivity contribution in [3.63, 3.8) is 0 Å². The van der Waals surface area contributed by atoms with Crippen molar-refractivity contribution in [2.24, 2.45) is 5.92 Å². The summed E-state index contributed by atoms with van der Waals surface area (Å²) in [6.45, 7) is 4.30. The number of thiophene rings is 1. The van der Waals surface area contributed by atoms with Crippen molar-refractivity contribution in [3.8, 4) is 0 Å². The van der Waals surface area contributed by atoms with Crippen molar-refractivity contribution >= 4 is 27.3 Å². The van der Waals surface area contributed by atoms with E-state index in [4.69, 9.17) is 4.74 Å². The molecule has 1 saturated carbocycles. The first-order valence-corrected chi connectivity index (χ1v) is 8.95. The third-order valence-electron chi connectivity index (χ3n) is 4.67. The number of halogens is 1. The van der Waals surface area contributed by atoms with Crippen LogP contribution in [-0.2, 0) is 4.74 Å². The monoisotopic (exact) mass is 343 g/mol. The molecule has 0 aromatic carbocycles. The van der Waals surface area contributed by atoms with E-state index in [0.717, 1.165) is 19.0 Å². The lowest BCUT2D eigenvalue weighted by Crippen LogP contribution is -2.52. The number of morpholine rings is 1. The van der Waals surface area contributed by atoms with Gasteiger partial charge in [-0.2, -0.15) is 0 Å². The third-order valence-corrected chi connectivity index (χ3v) is 6.39. The van der Waals surface area contributed by atoms with Crippen LogP contribution in [0, 0.1) is 5.92 Å². The zero-order valence-corrected chi connectivity index (χ0v) is 13.9. The van der Waals surface area contributed by atoms with Crippen LogP contribution in [-0.4, -0.2) is 18.7 Å². The number of hydrogen-bond acceptors (Lipinski definition) is 3. The summed E-state index contributed by atoms with van der Waals surface area (Å²) in [5.74, 6) is 0.922. The number of hydrogen-bond donors (Lipinski definition) is 1. The van der Waals surface area contributed by atoms with Crippen molar-refractivity contribution in [2.45, 2.75) is 50.7 Å². The smallest absolute Gasteiger partial charge is 0.105 e. The molecule has 106 valence electrons. The van der Waals surface area contributed by atoms with E-state index in [1.54, 1.807) is 11.3 Å². The van der Waals surface area contributed by atoms with Gasteiger partial charge >= 0.3 is 0 Å². The summed E-state index contributed by atoms with van der Waals surface area (Å²) in [6.07, 6.45) is 6.68. The van der Waals surface area contributed by atoms with E-state index in [1.165, 1.54) is 40.8 Å². The summed E-state index contributed by atoms with van der Waals surface area (Å²) >= 11 is 5.34. The van der Waals surface area contributed by atoms with Crippen molar-refractivity contribution < 1.29 is 4.74 Å². The maximum atomic E-state index is 6.53. The largest absolute Gasteiger partial charge is 0.364 e. The highest BCUT2D eigenvalue weighted by Gasteiger charge is 2.40. The lowest BCUT2D eigenvalue weighted by Gasteiger charge is -2.45. The van der Waals surface area contributed by atoms with Crippen LogP contribution in [0.1, 0.15) is 50.0 Å². The van der Waals surface area contributed by atoms with Gasteiger partial charge in [0, 0.05) is 18.0 Å². The van der Waals surface area contributed by atoms with E-state index in [0.29, 0.717) is 0 Å². The van der Waals surface area contributed by atoms with Crippen LogP contribution < -0.4 is 5.32 Å². The molecule has 2 fully saturated rings. The molecule has 1 aromatic heterocycles. The zero-order chi connectivity index (χ0) is 13.3. The first-order valence-electron chi connectivity index (χ1n) is 7.34. The van der Waals surface area contributed by atoms with Gasteiger partial charge in [-0.15, -0.1) is 11.3 Å². The van der Waals surface area contributed by atoms with Crippen LogP contribution in [0.3, 0.4) is 0 Å². The Kier molecular flexibility index (Phi) is 4.32. The van der Waals surface area contributed by atoms with Crippen LogP contribution in [0.15, 0.2) is 15.9 Å². The Morgan fingerprint density at radius 3 is 2.84 bits per heavy atom. The van der Waals surface area contributed by atoms with Crippen LogP contribution in [0.5, 0.6) is 0 Å². The van der Waals surface area contributed by atoms with Gasteiger partial charge in [0.2, 0.25) is 0 Å². The minimum absolute atomic E-state index is 0.102. The Labute approximate surface area is 128 Å². The fourth-order valence-corrected chi connectivity index (χ4v) is 4.84. The molecule has 0 radical (unpaired) electrons. The van der Waals surface area contributed by atoms with Crippen molar-refractivity contribution in [3.05, 3.63) is 20.8 Å². The van der Waals surface area contributed by atoms with E-state index >= 15 is 0 Å². The lowest BCUT2D eigenvalue weighted by atomic mass is 9.77. The molecule has 1 unspecified atom stereocenters. The predicted molar refractivity (Wildman–Crippen MR) is 83.7 cm³/mol. The lowest BCUT2D eigenvalue weighted by molar-refractivity contribution is -0.140. The summed E-state index contributed by atoms with van der Waals surface area (Å²) in [6, 6.07) is 4.32. The maximum absolute atomic E-state index is 6.53. The number of ether oxygens (including phenoxy) is 1. The second-order valence-electron chi connectivity index (χ2n) is 5.91. The molecule has 1 aromatic rings. The second-order valence-corrected chi connectivity index (χ2v) is 8.41. The Balaban J connectivity index is 1.68. The molecule has 3 rings (SSSR count). The molecule has 2 nitrogen and oxygen atoms in total. The van der Waals surface area contributed by atoms with Crippen molar-refractivity contribution in [1.82, 2.24) is 5.32 Å². The Morgan fingerprint density at radius 1 is 1.42 bits per heavy atom. The molecule has 2 aliphatic rings. The molecule has 2 heterocycles. The maximum Gasteiger partial charge on any atom is 0.105 e. The van der Waals surface area contributed by atoms with Gasteiger partial charge in [0.15, 0.2) is 0 Å². The average Bonchev–Trinajstić information content (AvgIpc) is 2.87. The van der Waals surface area contributed by atoms with E-state index in [2.05, 4.69) is 40.3 Å². The molecule has 19 heavy (non-hydrogen) atoms. The highest BCUT2D eigenvalue weighted by molar-refractivity contribution is 9.11. The van der Waals surface area contributed by atoms with Crippen LogP contribution in [0.2, 0.25) is 0 Å². The second kappa shape index (κ2) is 5.84. The van der Waals surface area contributed by atoms with Gasteiger partial charge in [-0.1, -0.05) is 13.3 Å². The molecular weight excluding hydrogens is 322 g/mol.